The molecule has 0 amide bonds. The Hall–Kier alpha value is -2.01. The Morgan fingerprint density at radius 1 is 0.913 bits per heavy atom. The van der Waals surface area contributed by atoms with E-state index in [4.69, 9.17) is 9.47 Å². The Bertz CT molecular complexity index is 556. The molecule has 1 N–H and O–H groups in total. The normalized spacial score (nSPS) is 13.4. The van der Waals surface area contributed by atoms with Gasteiger partial charge in [-0.2, -0.15) is 0 Å². The minimum absolute atomic E-state index is 0.298. The van der Waals surface area contributed by atoms with Crippen LogP contribution in [0.5, 0.6) is 0 Å². The monoisotopic (exact) mass is 314 g/mol. The SMILES string of the molecule is O=C[C@@H](OCc1ccccc1)[C@H](O)CCOCc1ccccc1. The lowest BCUT2D eigenvalue weighted by atomic mass is 10.1. The standard InChI is InChI=1S/C19H22O4/c20-13-19(23-15-17-9-5-2-6-10-17)18(21)11-12-22-14-16-7-3-1-4-8-16/h1-10,13,18-19,21H,11-12,14-15H2/t18-,19-/m1/s1. The molecule has 0 heterocycles. The number of aliphatic hydroxyl groups excluding tert-OH is 1. The van der Waals surface area contributed by atoms with Crippen LogP contribution in [0.4, 0.5) is 0 Å². The number of benzene rings is 2. The maximum absolute atomic E-state index is 11.1. The van der Waals surface area contributed by atoms with Crippen molar-refractivity contribution in [3.63, 3.8) is 0 Å². The topological polar surface area (TPSA) is 55.8 Å². The van der Waals surface area contributed by atoms with Gasteiger partial charge in [-0.15, -0.1) is 0 Å². The molecule has 0 aliphatic rings. The minimum Gasteiger partial charge on any atom is -0.390 e. The number of hydrogen-bond acceptors (Lipinski definition) is 4. The van der Waals surface area contributed by atoms with Crippen molar-refractivity contribution in [3.8, 4) is 0 Å². The van der Waals surface area contributed by atoms with Crippen molar-refractivity contribution < 1.29 is 19.4 Å². The summed E-state index contributed by atoms with van der Waals surface area (Å²) in [5.74, 6) is 0. The van der Waals surface area contributed by atoms with Gasteiger partial charge in [-0.1, -0.05) is 60.7 Å². The molecule has 0 saturated heterocycles. The number of rotatable bonds is 10. The predicted molar refractivity (Wildman–Crippen MR) is 87.8 cm³/mol. The lowest BCUT2D eigenvalue weighted by Crippen LogP contribution is -2.31. The van der Waals surface area contributed by atoms with E-state index in [2.05, 4.69) is 0 Å². The lowest BCUT2D eigenvalue weighted by molar-refractivity contribution is -0.128. The van der Waals surface area contributed by atoms with Gasteiger partial charge < -0.3 is 19.4 Å². The molecule has 0 saturated carbocycles. The summed E-state index contributed by atoms with van der Waals surface area (Å²) in [6, 6.07) is 19.4. The fraction of sp³-hybridized carbons (Fsp3) is 0.316. The highest BCUT2D eigenvalue weighted by Crippen LogP contribution is 2.08. The molecule has 0 aliphatic heterocycles. The van der Waals surface area contributed by atoms with Crippen molar-refractivity contribution >= 4 is 6.29 Å². The zero-order valence-electron chi connectivity index (χ0n) is 13.0. The van der Waals surface area contributed by atoms with Crippen molar-refractivity contribution in [3.05, 3.63) is 71.8 Å². The van der Waals surface area contributed by atoms with E-state index in [0.29, 0.717) is 32.5 Å². The molecule has 0 aromatic heterocycles. The summed E-state index contributed by atoms with van der Waals surface area (Å²) >= 11 is 0. The summed E-state index contributed by atoms with van der Waals surface area (Å²) in [5.41, 5.74) is 2.04. The van der Waals surface area contributed by atoms with Gasteiger partial charge in [0.05, 0.1) is 19.3 Å². The zero-order chi connectivity index (χ0) is 16.3. The highest BCUT2D eigenvalue weighted by atomic mass is 16.5. The molecule has 4 nitrogen and oxygen atoms in total. The van der Waals surface area contributed by atoms with Crippen molar-refractivity contribution in [2.24, 2.45) is 0 Å². The minimum atomic E-state index is -0.869. The van der Waals surface area contributed by atoms with Crippen LogP contribution in [-0.4, -0.2) is 30.2 Å². The van der Waals surface area contributed by atoms with Crippen LogP contribution in [0.2, 0.25) is 0 Å². The zero-order valence-corrected chi connectivity index (χ0v) is 13.0. The molecule has 2 aromatic rings. The van der Waals surface area contributed by atoms with Gasteiger partial charge >= 0.3 is 0 Å². The second-order valence-electron chi connectivity index (χ2n) is 5.29. The molecule has 2 aromatic carbocycles. The third-order valence-corrected chi connectivity index (χ3v) is 3.47. The first-order valence-corrected chi connectivity index (χ1v) is 7.70. The second-order valence-corrected chi connectivity index (χ2v) is 5.29. The average molecular weight is 314 g/mol. The molecule has 0 fully saturated rings. The molecule has 23 heavy (non-hydrogen) atoms. The first-order valence-electron chi connectivity index (χ1n) is 7.70. The van der Waals surface area contributed by atoms with Gasteiger partial charge in [0.2, 0.25) is 0 Å². The maximum Gasteiger partial charge on any atom is 0.151 e. The third-order valence-electron chi connectivity index (χ3n) is 3.47. The summed E-state index contributed by atoms with van der Waals surface area (Å²) in [6.45, 7) is 1.16. The Morgan fingerprint density at radius 2 is 1.48 bits per heavy atom. The van der Waals surface area contributed by atoms with Gasteiger partial charge in [0.1, 0.15) is 6.10 Å². The summed E-state index contributed by atoms with van der Waals surface area (Å²) in [7, 11) is 0. The number of carbonyl (C=O) groups is 1. The van der Waals surface area contributed by atoms with Gasteiger partial charge in [0.15, 0.2) is 6.29 Å². The molecule has 0 radical (unpaired) electrons. The van der Waals surface area contributed by atoms with Crippen molar-refractivity contribution in [1.29, 1.82) is 0 Å². The number of aldehydes is 1. The van der Waals surface area contributed by atoms with Gasteiger partial charge in [-0.3, -0.25) is 0 Å². The number of carbonyl (C=O) groups excluding carboxylic acids is 1. The van der Waals surface area contributed by atoms with Crippen molar-refractivity contribution in [2.45, 2.75) is 31.8 Å². The lowest BCUT2D eigenvalue weighted by Gasteiger charge is -2.18. The van der Waals surface area contributed by atoms with Gasteiger partial charge in [-0.05, 0) is 17.5 Å². The fourth-order valence-corrected chi connectivity index (χ4v) is 2.14. The van der Waals surface area contributed by atoms with Crippen LogP contribution in [0, 0.1) is 0 Å². The Morgan fingerprint density at radius 3 is 2.04 bits per heavy atom. The molecule has 2 atom stereocenters. The maximum atomic E-state index is 11.1. The van der Waals surface area contributed by atoms with Crippen molar-refractivity contribution in [1.82, 2.24) is 0 Å². The molecule has 4 heteroatoms. The van der Waals surface area contributed by atoms with Crippen LogP contribution in [-0.2, 0) is 27.5 Å². The van der Waals surface area contributed by atoms with Gasteiger partial charge in [0.25, 0.3) is 0 Å². The average Bonchev–Trinajstić information content (AvgIpc) is 2.61. The van der Waals surface area contributed by atoms with Crippen molar-refractivity contribution in [2.75, 3.05) is 6.61 Å². The number of hydrogen-bond donors (Lipinski definition) is 1. The van der Waals surface area contributed by atoms with Crippen LogP contribution < -0.4 is 0 Å². The fourth-order valence-electron chi connectivity index (χ4n) is 2.14. The summed E-state index contributed by atoms with van der Waals surface area (Å²) in [4.78, 5) is 11.1. The second kappa shape index (κ2) is 9.90. The molecule has 0 spiro atoms. The van der Waals surface area contributed by atoms with Crippen LogP contribution in [0.3, 0.4) is 0 Å². The molecular weight excluding hydrogens is 292 g/mol. The Kier molecular flexibility index (Phi) is 7.46. The Balaban J connectivity index is 1.68. The van der Waals surface area contributed by atoms with E-state index < -0.39 is 12.2 Å². The smallest absolute Gasteiger partial charge is 0.151 e. The van der Waals surface area contributed by atoms with E-state index in [1.165, 1.54) is 0 Å². The van der Waals surface area contributed by atoms with Crippen LogP contribution in [0.15, 0.2) is 60.7 Å². The predicted octanol–water partition coefficient (Wildman–Crippen LogP) is 2.74. The van der Waals surface area contributed by atoms with Gasteiger partial charge in [0, 0.05) is 6.61 Å². The van der Waals surface area contributed by atoms with E-state index in [-0.39, 0.29) is 0 Å². The summed E-state index contributed by atoms with van der Waals surface area (Å²) in [5, 5.41) is 10.0. The van der Waals surface area contributed by atoms with E-state index in [0.717, 1.165) is 11.1 Å². The molecule has 0 bridgehead atoms. The first kappa shape index (κ1) is 17.3. The molecule has 122 valence electrons. The van der Waals surface area contributed by atoms with Crippen LogP contribution in [0.1, 0.15) is 17.5 Å². The molecule has 0 aliphatic carbocycles. The number of ether oxygens (including phenoxy) is 2. The van der Waals surface area contributed by atoms with Crippen LogP contribution >= 0.6 is 0 Å². The number of aliphatic hydroxyl groups is 1. The Labute approximate surface area is 136 Å². The summed E-state index contributed by atoms with van der Waals surface area (Å²) in [6.07, 6.45) is -0.710. The molecular formula is C19H22O4. The van der Waals surface area contributed by atoms with E-state index in [1.807, 2.05) is 60.7 Å². The van der Waals surface area contributed by atoms with Gasteiger partial charge in [-0.25, -0.2) is 0 Å². The highest BCUT2D eigenvalue weighted by Gasteiger charge is 2.19. The third kappa shape index (κ3) is 6.32. The quantitative estimate of drug-likeness (QED) is 0.541. The van der Waals surface area contributed by atoms with E-state index in [1.54, 1.807) is 0 Å². The first-order chi connectivity index (χ1) is 11.3. The van der Waals surface area contributed by atoms with E-state index in [9.17, 15) is 9.90 Å². The molecule has 0 unspecified atom stereocenters. The molecule has 2 rings (SSSR count). The largest absolute Gasteiger partial charge is 0.390 e. The summed E-state index contributed by atoms with van der Waals surface area (Å²) < 4.78 is 11.0. The van der Waals surface area contributed by atoms with Crippen LogP contribution in [0.25, 0.3) is 0 Å². The highest BCUT2D eigenvalue weighted by molar-refractivity contribution is 5.57. The van der Waals surface area contributed by atoms with E-state index >= 15 is 0 Å².